The van der Waals surface area contributed by atoms with Crippen LogP contribution in [0.15, 0.2) is 42.5 Å². The molecule has 0 aliphatic heterocycles. The highest BCUT2D eigenvalue weighted by molar-refractivity contribution is 7.09. The van der Waals surface area contributed by atoms with E-state index in [4.69, 9.17) is 4.98 Å². The van der Waals surface area contributed by atoms with Crippen molar-refractivity contribution in [3.63, 3.8) is 0 Å². The van der Waals surface area contributed by atoms with E-state index in [1.165, 1.54) is 17.1 Å². The molecule has 0 fully saturated rings. The molecule has 4 heteroatoms. The Bertz CT molecular complexity index is 919. The predicted octanol–water partition coefficient (Wildman–Crippen LogP) is 5.50. The van der Waals surface area contributed by atoms with Gasteiger partial charge in [0.1, 0.15) is 5.01 Å². The van der Waals surface area contributed by atoms with Gasteiger partial charge < -0.3 is 0 Å². The van der Waals surface area contributed by atoms with Gasteiger partial charge in [-0.3, -0.25) is 0 Å². The second kappa shape index (κ2) is 7.58. The van der Waals surface area contributed by atoms with Crippen LogP contribution in [0.3, 0.4) is 0 Å². The van der Waals surface area contributed by atoms with Crippen molar-refractivity contribution in [2.24, 2.45) is 5.92 Å². The van der Waals surface area contributed by atoms with Crippen molar-refractivity contribution in [3.8, 4) is 28.0 Å². The number of benzene rings is 2. The van der Waals surface area contributed by atoms with Gasteiger partial charge in [-0.1, -0.05) is 57.2 Å². The Hall–Kier alpha value is -2.51. The fourth-order valence-corrected chi connectivity index (χ4v) is 3.60. The standard InChI is InChI=1S/C21H21N3S/c1-4-15-7-5-6-8-19(15)20-23-21(25-24-20)17-10-9-16(11-14(2)3)18(12-17)13-22/h5-10,12,14H,4,11H2,1-3H3. The normalized spacial score (nSPS) is 10.8. The third-order valence-electron chi connectivity index (χ3n) is 4.17. The van der Waals surface area contributed by atoms with E-state index >= 15 is 0 Å². The highest BCUT2D eigenvalue weighted by Gasteiger charge is 2.13. The van der Waals surface area contributed by atoms with E-state index in [1.807, 2.05) is 18.2 Å². The summed E-state index contributed by atoms with van der Waals surface area (Å²) in [6, 6.07) is 16.6. The molecule has 0 spiro atoms. The second-order valence-corrected chi connectivity index (χ2v) is 7.27. The molecule has 2 aromatic carbocycles. The number of nitriles is 1. The van der Waals surface area contributed by atoms with Crippen LogP contribution >= 0.6 is 11.5 Å². The molecule has 0 N–H and O–H groups in total. The quantitative estimate of drug-likeness (QED) is 0.612. The summed E-state index contributed by atoms with van der Waals surface area (Å²) in [7, 11) is 0. The minimum absolute atomic E-state index is 0.525. The molecule has 0 unspecified atom stereocenters. The summed E-state index contributed by atoms with van der Waals surface area (Å²) in [6.07, 6.45) is 1.86. The highest BCUT2D eigenvalue weighted by atomic mass is 32.1. The lowest BCUT2D eigenvalue weighted by Gasteiger charge is -2.08. The van der Waals surface area contributed by atoms with Crippen molar-refractivity contribution in [1.82, 2.24) is 9.36 Å². The molecular formula is C21H21N3S. The van der Waals surface area contributed by atoms with Crippen LogP contribution in [-0.4, -0.2) is 9.36 Å². The van der Waals surface area contributed by atoms with Crippen molar-refractivity contribution in [1.29, 1.82) is 5.26 Å². The maximum atomic E-state index is 9.47. The van der Waals surface area contributed by atoms with Gasteiger partial charge in [0.25, 0.3) is 0 Å². The van der Waals surface area contributed by atoms with Gasteiger partial charge in [0.05, 0.1) is 11.6 Å². The van der Waals surface area contributed by atoms with Crippen LogP contribution in [0.4, 0.5) is 0 Å². The molecule has 3 nitrogen and oxygen atoms in total. The van der Waals surface area contributed by atoms with E-state index in [1.54, 1.807) is 0 Å². The van der Waals surface area contributed by atoms with Crippen molar-refractivity contribution in [2.75, 3.05) is 0 Å². The number of aryl methyl sites for hydroxylation is 1. The van der Waals surface area contributed by atoms with E-state index in [2.05, 4.69) is 55.5 Å². The monoisotopic (exact) mass is 347 g/mol. The Balaban J connectivity index is 1.96. The van der Waals surface area contributed by atoms with E-state index in [0.717, 1.165) is 45.9 Å². The molecule has 3 rings (SSSR count). The zero-order chi connectivity index (χ0) is 17.8. The minimum atomic E-state index is 0.525. The van der Waals surface area contributed by atoms with E-state index < -0.39 is 0 Å². The fraction of sp³-hybridized carbons (Fsp3) is 0.286. The molecule has 0 radical (unpaired) electrons. The first-order chi connectivity index (χ1) is 12.1. The first kappa shape index (κ1) is 17.3. The van der Waals surface area contributed by atoms with Crippen LogP contribution in [0.5, 0.6) is 0 Å². The number of aromatic nitrogens is 2. The molecule has 0 saturated carbocycles. The summed E-state index contributed by atoms with van der Waals surface area (Å²) in [6.45, 7) is 6.47. The first-order valence-electron chi connectivity index (χ1n) is 8.57. The van der Waals surface area contributed by atoms with E-state index in [9.17, 15) is 5.26 Å². The average Bonchev–Trinajstić information content (AvgIpc) is 3.11. The third-order valence-corrected chi connectivity index (χ3v) is 4.93. The average molecular weight is 347 g/mol. The summed E-state index contributed by atoms with van der Waals surface area (Å²) in [5, 5.41) is 10.3. The van der Waals surface area contributed by atoms with Gasteiger partial charge in [-0.25, -0.2) is 4.98 Å². The second-order valence-electron chi connectivity index (χ2n) is 6.52. The summed E-state index contributed by atoms with van der Waals surface area (Å²) in [5.41, 5.74) is 5.13. The van der Waals surface area contributed by atoms with Crippen LogP contribution in [0.25, 0.3) is 22.0 Å². The zero-order valence-corrected chi connectivity index (χ0v) is 15.6. The Morgan fingerprint density at radius 1 is 1.12 bits per heavy atom. The molecule has 1 heterocycles. The Morgan fingerprint density at radius 3 is 2.64 bits per heavy atom. The third kappa shape index (κ3) is 3.78. The molecule has 0 aliphatic rings. The fourth-order valence-electron chi connectivity index (χ4n) is 2.93. The van der Waals surface area contributed by atoms with Crippen molar-refractivity contribution in [3.05, 3.63) is 59.2 Å². The minimum Gasteiger partial charge on any atom is -0.215 e. The molecule has 3 aromatic rings. The smallest absolute Gasteiger partial charge is 0.173 e. The molecule has 0 saturated heterocycles. The largest absolute Gasteiger partial charge is 0.215 e. The lowest BCUT2D eigenvalue weighted by molar-refractivity contribution is 0.646. The van der Waals surface area contributed by atoms with Crippen LogP contribution < -0.4 is 0 Å². The van der Waals surface area contributed by atoms with Crippen LogP contribution in [0, 0.1) is 17.2 Å². The van der Waals surface area contributed by atoms with E-state index in [0.29, 0.717) is 5.92 Å². The summed E-state index contributed by atoms with van der Waals surface area (Å²) in [5.74, 6) is 1.29. The molecule has 25 heavy (non-hydrogen) atoms. The van der Waals surface area contributed by atoms with Gasteiger partial charge in [0.15, 0.2) is 5.82 Å². The van der Waals surface area contributed by atoms with Gasteiger partial charge >= 0.3 is 0 Å². The Labute approximate surface area is 153 Å². The van der Waals surface area contributed by atoms with E-state index in [-0.39, 0.29) is 0 Å². The number of hydrogen-bond donors (Lipinski definition) is 0. The maximum absolute atomic E-state index is 9.47. The molecule has 0 bridgehead atoms. The topological polar surface area (TPSA) is 49.6 Å². The number of hydrogen-bond acceptors (Lipinski definition) is 4. The summed E-state index contributed by atoms with van der Waals surface area (Å²) >= 11 is 1.39. The van der Waals surface area contributed by atoms with Crippen molar-refractivity contribution < 1.29 is 0 Å². The van der Waals surface area contributed by atoms with Gasteiger partial charge in [-0.05, 0) is 47.5 Å². The Kier molecular flexibility index (Phi) is 5.25. The number of nitrogens with zero attached hydrogens (tertiary/aromatic N) is 3. The SMILES string of the molecule is CCc1ccccc1-c1nsc(-c2ccc(CC(C)C)c(C#N)c2)n1. The lowest BCUT2D eigenvalue weighted by atomic mass is 9.97. The van der Waals surface area contributed by atoms with Gasteiger partial charge in [-0.15, -0.1) is 0 Å². The molecular weight excluding hydrogens is 326 g/mol. The summed E-state index contributed by atoms with van der Waals surface area (Å²) in [4.78, 5) is 4.72. The van der Waals surface area contributed by atoms with Crippen molar-refractivity contribution >= 4 is 11.5 Å². The molecule has 0 atom stereocenters. The maximum Gasteiger partial charge on any atom is 0.173 e. The predicted molar refractivity (Wildman–Crippen MR) is 103 cm³/mol. The first-order valence-corrected chi connectivity index (χ1v) is 9.35. The highest BCUT2D eigenvalue weighted by Crippen LogP contribution is 2.29. The lowest BCUT2D eigenvalue weighted by Crippen LogP contribution is -1.97. The van der Waals surface area contributed by atoms with Gasteiger partial charge in [0.2, 0.25) is 0 Å². The van der Waals surface area contributed by atoms with Crippen molar-refractivity contribution in [2.45, 2.75) is 33.6 Å². The molecule has 0 amide bonds. The summed E-state index contributed by atoms with van der Waals surface area (Å²) < 4.78 is 4.55. The molecule has 1 aromatic heterocycles. The van der Waals surface area contributed by atoms with Crippen LogP contribution in [0.1, 0.15) is 37.5 Å². The van der Waals surface area contributed by atoms with Crippen LogP contribution in [0.2, 0.25) is 0 Å². The van der Waals surface area contributed by atoms with Gasteiger partial charge in [0, 0.05) is 11.1 Å². The molecule has 0 aliphatic carbocycles. The van der Waals surface area contributed by atoms with Gasteiger partial charge in [-0.2, -0.15) is 9.64 Å². The Morgan fingerprint density at radius 2 is 1.92 bits per heavy atom. The van der Waals surface area contributed by atoms with Crippen LogP contribution in [-0.2, 0) is 12.8 Å². The zero-order valence-electron chi connectivity index (χ0n) is 14.8. The molecule has 126 valence electrons. The number of rotatable bonds is 5.